The molecule has 2 heterocycles. The van der Waals surface area contributed by atoms with Crippen LogP contribution in [0.15, 0.2) is 0 Å². The number of aliphatic hydroxyl groups excluding tert-OH is 1. The summed E-state index contributed by atoms with van der Waals surface area (Å²) in [5.74, 6) is 0.0881. The minimum absolute atomic E-state index is 0.0881. The Balaban J connectivity index is 2.01. The normalized spacial score (nSPS) is 35.9. The van der Waals surface area contributed by atoms with E-state index in [0.717, 1.165) is 12.8 Å². The Labute approximate surface area is 90.2 Å². The predicted molar refractivity (Wildman–Crippen MR) is 55.4 cm³/mol. The number of aliphatic hydroxyl groups is 1. The molecule has 0 saturated carbocycles. The summed E-state index contributed by atoms with van der Waals surface area (Å²) in [6.45, 7) is 5.31. The van der Waals surface area contributed by atoms with E-state index in [1.54, 1.807) is 0 Å². The SMILES string of the molecule is CC1(C)CC(N2CC(O)CC2=O)CCO1. The molecule has 4 heteroatoms. The lowest BCUT2D eigenvalue weighted by Gasteiger charge is -2.39. The molecule has 2 fully saturated rings. The smallest absolute Gasteiger partial charge is 0.225 e. The fourth-order valence-electron chi connectivity index (χ4n) is 2.53. The van der Waals surface area contributed by atoms with Crippen LogP contribution in [0.4, 0.5) is 0 Å². The Morgan fingerprint density at radius 2 is 2.27 bits per heavy atom. The van der Waals surface area contributed by atoms with Gasteiger partial charge in [0.25, 0.3) is 0 Å². The summed E-state index contributed by atoms with van der Waals surface area (Å²) in [7, 11) is 0. The molecule has 0 aromatic heterocycles. The molecule has 0 radical (unpaired) electrons. The Morgan fingerprint density at radius 1 is 1.53 bits per heavy atom. The topological polar surface area (TPSA) is 49.8 Å². The zero-order valence-corrected chi connectivity index (χ0v) is 9.40. The predicted octanol–water partition coefficient (Wildman–Crippen LogP) is 0.537. The van der Waals surface area contributed by atoms with Crippen molar-refractivity contribution in [3.05, 3.63) is 0 Å². The number of likely N-dealkylation sites (tertiary alicyclic amines) is 1. The molecule has 0 aromatic carbocycles. The highest BCUT2D eigenvalue weighted by atomic mass is 16.5. The van der Waals surface area contributed by atoms with Crippen LogP contribution in [0.2, 0.25) is 0 Å². The number of β-amino-alcohol motifs (C(OH)–C–C–N with tert-alkyl or cyclic N) is 1. The first kappa shape index (κ1) is 10.9. The average molecular weight is 213 g/mol. The van der Waals surface area contributed by atoms with Crippen LogP contribution < -0.4 is 0 Å². The number of amides is 1. The van der Waals surface area contributed by atoms with Gasteiger partial charge in [-0.05, 0) is 26.7 Å². The van der Waals surface area contributed by atoms with Crippen LogP contribution in [-0.2, 0) is 9.53 Å². The molecule has 2 unspecified atom stereocenters. The summed E-state index contributed by atoms with van der Waals surface area (Å²) >= 11 is 0. The highest BCUT2D eigenvalue weighted by Gasteiger charge is 2.38. The van der Waals surface area contributed by atoms with Crippen LogP contribution in [-0.4, -0.2) is 46.8 Å². The van der Waals surface area contributed by atoms with Crippen molar-refractivity contribution in [2.45, 2.75) is 50.9 Å². The minimum Gasteiger partial charge on any atom is -0.391 e. The van der Waals surface area contributed by atoms with Crippen molar-refractivity contribution < 1.29 is 14.6 Å². The van der Waals surface area contributed by atoms with Gasteiger partial charge in [-0.2, -0.15) is 0 Å². The van der Waals surface area contributed by atoms with E-state index in [2.05, 4.69) is 13.8 Å². The first-order valence-corrected chi connectivity index (χ1v) is 5.59. The first-order valence-electron chi connectivity index (χ1n) is 5.59. The number of hydrogen-bond donors (Lipinski definition) is 1. The van der Waals surface area contributed by atoms with Gasteiger partial charge in [0.1, 0.15) is 0 Å². The zero-order valence-electron chi connectivity index (χ0n) is 9.40. The standard InChI is InChI=1S/C11H19NO3/c1-11(2)6-8(3-4-15-11)12-7-9(13)5-10(12)14/h8-9,13H,3-7H2,1-2H3. The summed E-state index contributed by atoms with van der Waals surface area (Å²) in [4.78, 5) is 13.4. The van der Waals surface area contributed by atoms with E-state index < -0.39 is 6.10 Å². The molecular weight excluding hydrogens is 194 g/mol. The molecule has 0 bridgehead atoms. The zero-order chi connectivity index (χ0) is 11.1. The highest BCUT2D eigenvalue weighted by molar-refractivity contribution is 5.79. The average Bonchev–Trinajstić information content (AvgIpc) is 2.43. The van der Waals surface area contributed by atoms with Crippen molar-refractivity contribution in [3.8, 4) is 0 Å². The Hall–Kier alpha value is -0.610. The lowest BCUT2D eigenvalue weighted by molar-refractivity contribution is -0.135. The molecule has 1 amide bonds. The lowest BCUT2D eigenvalue weighted by Crippen LogP contribution is -2.46. The number of carbonyl (C=O) groups excluding carboxylic acids is 1. The van der Waals surface area contributed by atoms with Gasteiger partial charge in [0, 0.05) is 19.2 Å². The molecule has 0 aromatic rings. The number of rotatable bonds is 1. The molecule has 2 atom stereocenters. The van der Waals surface area contributed by atoms with Gasteiger partial charge >= 0.3 is 0 Å². The van der Waals surface area contributed by atoms with Crippen LogP contribution in [0, 0.1) is 0 Å². The number of carbonyl (C=O) groups is 1. The fourth-order valence-corrected chi connectivity index (χ4v) is 2.53. The van der Waals surface area contributed by atoms with E-state index >= 15 is 0 Å². The van der Waals surface area contributed by atoms with Crippen molar-refractivity contribution in [2.24, 2.45) is 0 Å². The van der Waals surface area contributed by atoms with E-state index in [1.165, 1.54) is 0 Å². The number of nitrogens with zero attached hydrogens (tertiary/aromatic N) is 1. The van der Waals surface area contributed by atoms with Crippen LogP contribution in [0.5, 0.6) is 0 Å². The summed E-state index contributed by atoms with van der Waals surface area (Å²) < 4.78 is 5.62. The third kappa shape index (κ3) is 2.32. The summed E-state index contributed by atoms with van der Waals surface area (Å²) in [5, 5.41) is 9.44. The number of ether oxygens (including phenoxy) is 1. The minimum atomic E-state index is -0.469. The van der Waals surface area contributed by atoms with Crippen LogP contribution in [0.3, 0.4) is 0 Å². The van der Waals surface area contributed by atoms with Crippen LogP contribution in [0.1, 0.15) is 33.1 Å². The third-order valence-corrected chi connectivity index (χ3v) is 3.25. The molecule has 0 spiro atoms. The van der Waals surface area contributed by atoms with Gasteiger partial charge in [-0.1, -0.05) is 0 Å². The Bertz CT molecular complexity index is 265. The van der Waals surface area contributed by atoms with Gasteiger partial charge in [-0.3, -0.25) is 4.79 Å². The Morgan fingerprint density at radius 3 is 2.80 bits per heavy atom. The molecule has 4 nitrogen and oxygen atoms in total. The Kier molecular flexibility index (Phi) is 2.73. The quantitative estimate of drug-likeness (QED) is 0.691. The second-order valence-electron chi connectivity index (χ2n) is 5.16. The second-order valence-corrected chi connectivity index (χ2v) is 5.16. The van der Waals surface area contributed by atoms with Gasteiger partial charge in [-0.25, -0.2) is 0 Å². The first-order chi connectivity index (χ1) is 6.98. The summed E-state index contributed by atoms with van der Waals surface area (Å²) in [5.41, 5.74) is -0.142. The van der Waals surface area contributed by atoms with E-state index in [1.807, 2.05) is 4.90 Å². The molecular formula is C11H19NO3. The van der Waals surface area contributed by atoms with E-state index in [0.29, 0.717) is 13.2 Å². The molecule has 0 aliphatic carbocycles. The van der Waals surface area contributed by atoms with Gasteiger partial charge in [-0.15, -0.1) is 0 Å². The monoisotopic (exact) mass is 213 g/mol. The molecule has 2 rings (SSSR count). The maximum absolute atomic E-state index is 11.6. The molecule has 15 heavy (non-hydrogen) atoms. The molecule has 1 N–H and O–H groups in total. The molecule has 2 aliphatic rings. The fraction of sp³-hybridized carbons (Fsp3) is 0.909. The lowest BCUT2D eigenvalue weighted by atomic mass is 9.93. The summed E-state index contributed by atoms with van der Waals surface area (Å²) in [6, 6.07) is 0.249. The van der Waals surface area contributed by atoms with Gasteiger partial charge < -0.3 is 14.7 Å². The summed E-state index contributed by atoms with van der Waals surface area (Å²) in [6.07, 6.45) is 1.58. The van der Waals surface area contributed by atoms with Crippen molar-refractivity contribution in [3.63, 3.8) is 0 Å². The van der Waals surface area contributed by atoms with Gasteiger partial charge in [0.15, 0.2) is 0 Å². The van der Waals surface area contributed by atoms with Gasteiger partial charge in [0.2, 0.25) is 5.91 Å². The maximum atomic E-state index is 11.6. The highest BCUT2D eigenvalue weighted by Crippen LogP contribution is 2.29. The molecule has 2 saturated heterocycles. The van der Waals surface area contributed by atoms with Gasteiger partial charge in [0.05, 0.1) is 18.1 Å². The van der Waals surface area contributed by atoms with Crippen molar-refractivity contribution in [2.75, 3.05) is 13.2 Å². The third-order valence-electron chi connectivity index (χ3n) is 3.25. The van der Waals surface area contributed by atoms with Crippen LogP contribution in [0.25, 0.3) is 0 Å². The van der Waals surface area contributed by atoms with Crippen molar-refractivity contribution in [1.82, 2.24) is 4.90 Å². The maximum Gasteiger partial charge on any atom is 0.225 e. The second kappa shape index (κ2) is 3.76. The van der Waals surface area contributed by atoms with Crippen molar-refractivity contribution >= 4 is 5.91 Å². The van der Waals surface area contributed by atoms with E-state index in [4.69, 9.17) is 4.74 Å². The largest absolute Gasteiger partial charge is 0.391 e. The van der Waals surface area contributed by atoms with Crippen LogP contribution >= 0.6 is 0 Å². The van der Waals surface area contributed by atoms with Crippen molar-refractivity contribution in [1.29, 1.82) is 0 Å². The molecule has 2 aliphatic heterocycles. The van der Waals surface area contributed by atoms with E-state index in [9.17, 15) is 9.90 Å². The number of hydrogen-bond acceptors (Lipinski definition) is 3. The van der Waals surface area contributed by atoms with E-state index in [-0.39, 0.29) is 24.0 Å². The molecule has 86 valence electrons.